The molecule has 0 aliphatic carbocycles. The Bertz CT molecular complexity index is 1080. The molecule has 0 aliphatic rings. The Balaban J connectivity index is 2.25. The normalized spacial score (nSPS) is 12.3. The van der Waals surface area contributed by atoms with E-state index in [1.165, 1.54) is 35.2 Å². The summed E-state index contributed by atoms with van der Waals surface area (Å²) in [6.45, 7) is 4.20. The number of carbonyl (C=O) groups excluding carboxylic acids is 2. The number of hydrogen-bond donors (Lipinski definition) is 1. The molecule has 1 unspecified atom stereocenters. The lowest BCUT2D eigenvalue weighted by Gasteiger charge is -2.24. The van der Waals surface area contributed by atoms with Crippen molar-refractivity contribution in [3.63, 3.8) is 0 Å². The van der Waals surface area contributed by atoms with Crippen molar-refractivity contribution in [3.05, 3.63) is 81.2 Å². The predicted molar refractivity (Wildman–Crippen MR) is 121 cm³/mol. The van der Waals surface area contributed by atoms with Crippen molar-refractivity contribution >= 4 is 33.6 Å². The molecule has 0 radical (unpaired) electrons. The summed E-state index contributed by atoms with van der Waals surface area (Å²) in [6, 6.07) is 14.1. The number of amides is 2. The van der Waals surface area contributed by atoms with E-state index in [1.54, 1.807) is 44.2 Å². The van der Waals surface area contributed by atoms with E-state index < -0.39 is 32.7 Å². The van der Waals surface area contributed by atoms with Crippen molar-refractivity contribution < 1.29 is 22.9 Å². The second kappa shape index (κ2) is 11.2. The highest BCUT2D eigenvalue weighted by atomic mass is 32.2. The zero-order valence-corrected chi connectivity index (χ0v) is 18.6. The number of benzene rings is 2. The summed E-state index contributed by atoms with van der Waals surface area (Å²) in [4.78, 5) is 37.5. The standard InChI is InChI=1S/C22H25N3O6S/c1-3-24(4-2)22(27)20(16-18-10-12-19(13-11-18)25(28)29)21(26)23-32(30,31)15-14-17-8-6-5-7-9-17/h5-15,20H,3-4,16H2,1-2H3,(H,23,26). The third kappa shape index (κ3) is 7.02. The van der Waals surface area contributed by atoms with Crippen molar-refractivity contribution in [1.82, 2.24) is 9.62 Å². The summed E-state index contributed by atoms with van der Waals surface area (Å²) in [5.41, 5.74) is 0.999. The van der Waals surface area contributed by atoms with E-state index in [0.717, 1.165) is 5.41 Å². The Labute approximate surface area is 186 Å². The van der Waals surface area contributed by atoms with Gasteiger partial charge in [0, 0.05) is 25.2 Å². The molecule has 2 aromatic rings. The Hall–Kier alpha value is -3.53. The van der Waals surface area contributed by atoms with Gasteiger partial charge in [-0.2, -0.15) is 0 Å². The first-order valence-electron chi connectivity index (χ1n) is 9.98. The molecule has 10 heteroatoms. The van der Waals surface area contributed by atoms with Crippen LogP contribution in [0.25, 0.3) is 6.08 Å². The first kappa shape index (κ1) is 24.7. The molecule has 0 heterocycles. The van der Waals surface area contributed by atoms with Crippen LogP contribution in [0.15, 0.2) is 60.0 Å². The summed E-state index contributed by atoms with van der Waals surface area (Å²) in [5.74, 6) is -2.79. The molecule has 0 saturated heterocycles. The van der Waals surface area contributed by atoms with Gasteiger partial charge in [0.15, 0.2) is 0 Å². The quantitative estimate of drug-likeness (QED) is 0.331. The van der Waals surface area contributed by atoms with E-state index in [0.29, 0.717) is 24.2 Å². The maximum absolute atomic E-state index is 12.9. The lowest BCUT2D eigenvalue weighted by atomic mass is 9.97. The Morgan fingerprint density at radius 1 is 1.06 bits per heavy atom. The average Bonchev–Trinajstić information content (AvgIpc) is 2.77. The van der Waals surface area contributed by atoms with Crippen LogP contribution >= 0.6 is 0 Å². The molecule has 1 N–H and O–H groups in total. The number of rotatable bonds is 10. The smallest absolute Gasteiger partial charge is 0.269 e. The molecular weight excluding hydrogens is 434 g/mol. The minimum absolute atomic E-state index is 0.100. The first-order valence-corrected chi connectivity index (χ1v) is 11.5. The number of nitro groups is 1. The third-order valence-electron chi connectivity index (χ3n) is 4.76. The van der Waals surface area contributed by atoms with Gasteiger partial charge in [0.25, 0.3) is 15.7 Å². The molecule has 32 heavy (non-hydrogen) atoms. The monoisotopic (exact) mass is 459 g/mol. The molecule has 2 rings (SSSR count). The van der Waals surface area contributed by atoms with E-state index in [1.807, 2.05) is 4.72 Å². The number of carbonyl (C=O) groups is 2. The average molecular weight is 460 g/mol. The van der Waals surface area contributed by atoms with Crippen LogP contribution in [0, 0.1) is 16.0 Å². The van der Waals surface area contributed by atoms with Crippen LogP contribution in [0.4, 0.5) is 5.69 Å². The highest BCUT2D eigenvalue weighted by Gasteiger charge is 2.32. The van der Waals surface area contributed by atoms with Crippen LogP contribution in [0.5, 0.6) is 0 Å². The van der Waals surface area contributed by atoms with Crippen molar-refractivity contribution in [2.75, 3.05) is 13.1 Å². The molecule has 9 nitrogen and oxygen atoms in total. The number of non-ortho nitro benzene ring substituents is 1. The molecule has 0 aromatic heterocycles. The number of sulfonamides is 1. The maximum atomic E-state index is 12.9. The van der Waals surface area contributed by atoms with E-state index in [-0.39, 0.29) is 12.1 Å². The van der Waals surface area contributed by atoms with Crippen LogP contribution < -0.4 is 4.72 Å². The fraction of sp³-hybridized carbons (Fsp3) is 0.273. The minimum atomic E-state index is -4.15. The van der Waals surface area contributed by atoms with E-state index in [4.69, 9.17) is 0 Å². The molecule has 170 valence electrons. The minimum Gasteiger partial charge on any atom is -0.343 e. The number of nitrogens with one attached hydrogen (secondary N) is 1. The summed E-state index contributed by atoms with van der Waals surface area (Å²) >= 11 is 0. The van der Waals surface area contributed by atoms with Gasteiger partial charge in [-0.25, -0.2) is 13.1 Å². The van der Waals surface area contributed by atoms with Gasteiger partial charge in [0.2, 0.25) is 11.8 Å². The molecule has 0 saturated carbocycles. The Kier molecular flexibility index (Phi) is 8.65. The van der Waals surface area contributed by atoms with E-state index in [2.05, 4.69) is 0 Å². The molecule has 0 fully saturated rings. The van der Waals surface area contributed by atoms with Crippen LogP contribution in [0.3, 0.4) is 0 Å². The van der Waals surface area contributed by atoms with Gasteiger partial charge < -0.3 is 4.90 Å². The molecule has 0 spiro atoms. The predicted octanol–water partition coefficient (Wildman–Crippen LogP) is 2.74. The van der Waals surface area contributed by atoms with Crippen molar-refractivity contribution in [2.45, 2.75) is 20.3 Å². The molecule has 2 amide bonds. The highest BCUT2D eigenvalue weighted by Crippen LogP contribution is 2.17. The van der Waals surface area contributed by atoms with Crippen molar-refractivity contribution in [1.29, 1.82) is 0 Å². The van der Waals surface area contributed by atoms with Gasteiger partial charge in [0.1, 0.15) is 5.92 Å². The van der Waals surface area contributed by atoms with Gasteiger partial charge >= 0.3 is 0 Å². The van der Waals surface area contributed by atoms with Gasteiger partial charge in [-0.05, 0) is 37.5 Å². The first-order chi connectivity index (χ1) is 15.2. The van der Waals surface area contributed by atoms with Crippen LogP contribution in [-0.4, -0.2) is 43.1 Å². The fourth-order valence-electron chi connectivity index (χ4n) is 3.01. The largest absolute Gasteiger partial charge is 0.343 e. The molecule has 0 bridgehead atoms. The zero-order valence-electron chi connectivity index (χ0n) is 17.8. The fourth-order valence-corrected chi connectivity index (χ4v) is 3.84. The van der Waals surface area contributed by atoms with Gasteiger partial charge in [-0.3, -0.25) is 19.7 Å². The maximum Gasteiger partial charge on any atom is 0.269 e. The van der Waals surface area contributed by atoms with Gasteiger partial charge in [-0.15, -0.1) is 0 Å². The number of nitrogens with zero attached hydrogens (tertiary/aromatic N) is 2. The lowest BCUT2D eigenvalue weighted by molar-refractivity contribution is -0.384. The second-order valence-electron chi connectivity index (χ2n) is 6.92. The van der Waals surface area contributed by atoms with Gasteiger partial charge in [-0.1, -0.05) is 42.5 Å². The van der Waals surface area contributed by atoms with Crippen LogP contribution in [-0.2, 0) is 26.0 Å². The lowest BCUT2D eigenvalue weighted by Crippen LogP contribution is -2.45. The van der Waals surface area contributed by atoms with Crippen LogP contribution in [0.1, 0.15) is 25.0 Å². The van der Waals surface area contributed by atoms with Gasteiger partial charge in [0.05, 0.1) is 10.3 Å². The highest BCUT2D eigenvalue weighted by molar-refractivity contribution is 7.93. The second-order valence-corrected chi connectivity index (χ2v) is 8.48. The number of nitro benzene ring substituents is 1. The summed E-state index contributed by atoms with van der Waals surface area (Å²) in [5, 5.41) is 11.7. The SMILES string of the molecule is CCN(CC)C(=O)C(Cc1ccc([N+](=O)[O-])cc1)C(=O)NS(=O)(=O)C=Cc1ccccc1. The molecule has 1 atom stereocenters. The Morgan fingerprint density at radius 3 is 2.19 bits per heavy atom. The molecule has 2 aromatic carbocycles. The van der Waals surface area contributed by atoms with E-state index in [9.17, 15) is 28.1 Å². The molecule has 0 aliphatic heterocycles. The molecular formula is C22H25N3O6S. The third-order valence-corrected chi connectivity index (χ3v) is 5.74. The summed E-state index contributed by atoms with van der Waals surface area (Å²) in [6.07, 6.45) is 1.24. The summed E-state index contributed by atoms with van der Waals surface area (Å²) < 4.78 is 26.8. The van der Waals surface area contributed by atoms with Crippen molar-refractivity contribution in [2.24, 2.45) is 5.92 Å². The topological polar surface area (TPSA) is 127 Å². The van der Waals surface area contributed by atoms with Crippen molar-refractivity contribution in [3.8, 4) is 0 Å². The van der Waals surface area contributed by atoms with E-state index >= 15 is 0 Å². The number of hydrogen-bond acceptors (Lipinski definition) is 6. The zero-order chi connectivity index (χ0) is 23.7. The Morgan fingerprint density at radius 2 is 1.66 bits per heavy atom. The van der Waals surface area contributed by atoms with Crippen LogP contribution in [0.2, 0.25) is 0 Å². The summed E-state index contributed by atoms with van der Waals surface area (Å²) in [7, 11) is -4.15.